The summed E-state index contributed by atoms with van der Waals surface area (Å²) >= 11 is 0. The Hall–Kier alpha value is -2.42. The number of benzene rings is 2. The Kier molecular flexibility index (Phi) is 3.11. The van der Waals surface area contributed by atoms with Crippen molar-refractivity contribution in [3.05, 3.63) is 72.1 Å². The molecular weight excluding hydrogens is 234 g/mol. The highest BCUT2D eigenvalue weighted by Crippen LogP contribution is 2.22. The molecule has 0 bridgehead atoms. The van der Waals surface area contributed by atoms with Crippen LogP contribution < -0.4 is 0 Å². The van der Waals surface area contributed by atoms with Crippen molar-refractivity contribution in [3.8, 4) is 11.4 Å². The topological polar surface area (TPSA) is 41.6 Å². The van der Waals surface area contributed by atoms with Crippen LogP contribution in [0.3, 0.4) is 0 Å². The molecule has 3 aromatic rings. The van der Waals surface area contributed by atoms with Crippen LogP contribution in [0.15, 0.2) is 60.7 Å². The van der Waals surface area contributed by atoms with Crippen LogP contribution in [0, 0.1) is 0 Å². The van der Waals surface area contributed by atoms with E-state index in [1.807, 2.05) is 48.5 Å². The van der Waals surface area contributed by atoms with E-state index in [2.05, 4.69) is 34.2 Å². The van der Waals surface area contributed by atoms with Gasteiger partial charge in [-0.15, -0.1) is 0 Å². The molecule has 94 valence electrons. The second kappa shape index (κ2) is 5.06. The summed E-state index contributed by atoms with van der Waals surface area (Å²) in [6.45, 7) is 2.13. The van der Waals surface area contributed by atoms with E-state index in [1.165, 1.54) is 5.56 Å². The lowest BCUT2D eigenvalue weighted by Crippen LogP contribution is -1.98. The molecule has 3 heteroatoms. The number of nitrogens with zero attached hydrogens (tertiary/aromatic N) is 2. The van der Waals surface area contributed by atoms with E-state index in [-0.39, 0.29) is 5.92 Å². The highest BCUT2D eigenvalue weighted by molar-refractivity contribution is 5.54. The van der Waals surface area contributed by atoms with Gasteiger partial charge in [0.2, 0.25) is 0 Å². The van der Waals surface area contributed by atoms with Crippen molar-refractivity contribution >= 4 is 0 Å². The lowest BCUT2D eigenvalue weighted by atomic mass is 10.0. The highest BCUT2D eigenvalue weighted by Gasteiger charge is 2.13. The molecule has 2 aromatic carbocycles. The minimum atomic E-state index is 0.214. The van der Waals surface area contributed by atoms with Crippen LogP contribution in [0.4, 0.5) is 0 Å². The van der Waals surface area contributed by atoms with Crippen LogP contribution in [0.2, 0.25) is 0 Å². The first-order valence-corrected chi connectivity index (χ1v) is 6.37. The predicted octanol–water partition coefficient (Wildman–Crippen LogP) is 3.62. The fourth-order valence-electron chi connectivity index (χ4n) is 2.08. The lowest BCUT2D eigenvalue weighted by Gasteiger charge is -2.07. The third kappa shape index (κ3) is 2.40. The fourth-order valence-corrected chi connectivity index (χ4v) is 2.08. The maximum Gasteiger partial charge on any atom is 0.181 e. The molecular formula is C16H15N3. The molecule has 3 nitrogen and oxygen atoms in total. The molecule has 1 aromatic heterocycles. The van der Waals surface area contributed by atoms with Crippen molar-refractivity contribution in [2.45, 2.75) is 12.8 Å². The molecule has 1 atom stereocenters. The van der Waals surface area contributed by atoms with Crippen LogP contribution in [-0.2, 0) is 0 Å². The largest absolute Gasteiger partial charge is 0.262 e. The Morgan fingerprint density at radius 1 is 0.895 bits per heavy atom. The predicted molar refractivity (Wildman–Crippen MR) is 75.8 cm³/mol. The normalized spacial score (nSPS) is 12.3. The molecule has 0 fully saturated rings. The summed E-state index contributed by atoms with van der Waals surface area (Å²) in [6.07, 6.45) is 0. The van der Waals surface area contributed by atoms with Crippen LogP contribution in [0.25, 0.3) is 11.4 Å². The van der Waals surface area contributed by atoms with E-state index < -0.39 is 0 Å². The van der Waals surface area contributed by atoms with Crippen molar-refractivity contribution in [3.63, 3.8) is 0 Å². The molecule has 0 radical (unpaired) electrons. The number of aromatic amines is 1. The van der Waals surface area contributed by atoms with Gasteiger partial charge in [-0.1, -0.05) is 67.6 Å². The van der Waals surface area contributed by atoms with Crippen molar-refractivity contribution in [2.24, 2.45) is 0 Å². The summed E-state index contributed by atoms with van der Waals surface area (Å²) < 4.78 is 0. The summed E-state index contributed by atoms with van der Waals surface area (Å²) in [5.41, 5.74) is 2.27. The third-order valence-electron chi connectivity index (χ3n) is 3.24. The number of hydrogen-bond acceptors (Lipinski definition) is 2. The monoisotopic (exact) mass is 249 g/mol. The molecule has 19 heavy (non-hydrogen) atoms. The molecule has 0 aliphatic rings. The van der Waals surface area contributed by atoms with Gasteiger partial charge < -0.3 is 0 Å². The molecule has 0 saturated carbocycles. The average molecular weight is 249 g/mol. The zero-order valence-electron chi connectivity index (χ0n) is 10.7. The van der Waals surface area contributed by atoms with Crippen LogP contribution >= 0.6 is 0 Å². The SMILES string of the molecule is CC(c1ccccc1)c1nc(-c2ccccc2)n[nH]1. The van der Waals surface area contributed by atoms with Gasteiger partial charge in [0.05, 0.1) is 0 Å². The van der Waals surface area contributed by atoms with Crippen LogP contribution in [-0.4, -0.2) is 15.2 Å². The Balaban J connectivity index is 1.90. The summed E-state index contributed by atoms with van der Waals surface area (Å²) in [7, 11) is 0. The van der Waals surface area contributed by atoms with Gasteiger partial charge in [-0.25, -0.2) is 4.98 Å². The Labute approximate surface area is 112 Å². The minimum Gasteiger partial charge on any atom is -0.262 e. The summed E-state index contributed by atoms with van der Waals surface area (Å²) in [6, 6.07) is 20.3. The summed E-state index contributed by atoms with van der Waals surface area (Å²) in [5, 5.41) is 7.34. The third-order valence-corrected chi connectivity index (χ3v) is 3.24. The minimum absolute atomic E-state index is 0.214. The van der Waals surface area contributed by atoms with E-state index >= 15 is 0 Å². The maximum atomic E-state index is 4.59. The second-order valence-electron chi connectivity index (χ2n) is 4.54. The average Bonchev–Trinajstić information content (AvgIpc) is 2.98. The molecule has 0 aliphatic carbocycles. The summed E-state index contributed by atoms with van der Waals surface area (Å²) in [4.78, 5) is 4.59. The molecule has 3 rings (SSSR count). The molecule has 0 amide bonds. The Morgan fingerprint density at radius 2 is 1.53 bits per heavy atom. The van der Waals surface area contributed by atoms with E-state index in [0.717, 1.165) is 17.2 Å². The zero-order chi connectivity index (χ0) is 13.1. The van der Waals surface area contributed by atoms with E-state index in [1.54, 1.807) is 0 Å². The van der Waals surface area contributed by atoms with Crippen LogP contribution in [0.5, 0.6) is 0 Å². The highest BCUT2D eigenvalue weighted by atomic mass is 15.2. The second-order valence-corrected chi connectivity index (χ2v) is 4.54. The van der Waals surface area contributed by atoms with Gasteiger partial charge in [0.15, 0.2) is 5.82 Å². The zero-order valence-corrected chi connectivity index (χ0v) is 10.7. The Morgan fingerprint density at radius 3 is 2.21 bits per heavy atom. The molecule has 0 saturated heterocycles. The van der Waals surface area contributed by atoms with Crippen molar-refractivity contribution in [1.82, 2.24) is 15.2 Å². The van der Waals surface area contributed by atoms with Gasteiger partial charge in [-0.3, -0.25) is 5.10 Å². The first-order valence-electron chi connectivity index (χ1n) is 6.37. The Bertz CT molecular complexity index is 644. The number of hydrogen-bond donors (Lipinski definition) is 1. The van der Waals surface area contributed by atoms with Crippen molar-refractivity contribution < 1.29 is 0 Å². The number of rotatable bonds is 3. The van der Waals surface area contributed by atoms with Crippen molar-refractivity contribution in [2.75, 3.05) is 0 Å². The summed E-state index contributed by atoms with van der Waals surface area (Å²) in [5.74, 6) is 1.86. The number of H-pyrrole nitrogens is 1. The molecule has 1 heterocycles. The van der Waals surface area contributed by atoms with E-state index in [9.17, 15) is 0 Å². The first-order chi connectivity index (χ1) is 9.34. The lowest BCUT2D eigenvalue weighted by molar-refractivity contribution is 0.823. The molecule has 0 spiro atoms. The number of aromatic nitrogens is 3. The molecule has 1 unspecified atom stereocenters. The maximum absolute atomic E-state index is 4.59. The number of nitrogens with one attached hydrogen (secondary N) is 1. The molecule has 1 N–H and O–H groups in total. The fraction of sp³-hybridized carbons (Fsp3) is 0.125. The van der Waals surface area contributed by atoms with E-state index in [4.69, 9.17) is 0 Å². The van der Waals surface area contributed by atoms with Gasteiger partial charge >= 0.3 is 0 Å². The van der Waals surface area contributed by atoms with Gasteiger partial charge in [0, 0.05) is 11.5 Å². The molecule has 0 aliphatic heterocycles. The van der Waals surface area contributed by atoms with Gasteiger partial charge in [-0.05, 0) is 5.56 Å². The quantitative estimate of drug-likeness (QED) is 0.770. The smallest absolute Gasteiger partial charge is 0.181 e. The van der Waals surface area contributed by atoms with Gasteiger partial charge in [0.1, 0.15) is 5.82 Å². The first kappa shape index (κ1) is 11.7. The van der Waals surface area contributed by atoms with Gasteiger partial charge in [0.25, 0.3) is 0 Å². The van der Waals surface area contributed by atoms with Crippen LogP contribution in [0.1, 0.15) is 24.2 Å². The standard InChI is InChI=1S/C16H15N3/c1-12(13-8-4-2-5-9-13)15-17-16(19-18-15)14-10-6-3-7-11-14/h2-12H,1H3,(H,17,18,19). The van der Waals surface area contributed by atoms with Crippen molar-refractivity contribution in [1.29, 1.82) is 0 Å². The van der Waals surface area contributed by atoms with E-state index in [0.29, 0.717) is 0 Å². The van der Waals surface area contributed by atoms with Gasteiger partial charge in [-0.2, -0.15) is 5.10 Å².